The predicted molar refractivity (Wildman–Crippen MR) is 21.3 cm³/mol. The van der Waals surface area contributed by atoms with E-state index in [2.05, 4.69) is 6.92 Å². The molecule has 0 aliphatic heterocycles. The SMILES string of the molecule is [CH2-]CCC=O.[O]=[Cr]. The van der Waals surface area contributed by atoms with Crippen molar-refractivity contribution in [1.29, 1.82) is 0 Å². The summed E-state index contributed by atoms with van der Waals surface area (Å²) < 4.78 is 8.12. The summed E-state index contributed by atoms with van der Waals surface area (Å²) in [6.07, 6.45) is 2.19. The predicted octanol–water partition coefficient (Wildman–Crippen LogP) is 0.678. The van der Waals surface area contributed by atoms with Crippen molar-refractivity contribution in [2.45, 2.75) is 12.8 Å². The van der Waals surface area contributed by atoms with Crippen LogP contribution in [0.5, 0.6) is 0 Å². The van der Waals surface area contributed by atoms with Crippen LogP contribution in [0.4, 0.5) is 0 Å². The molecule has 0 aromatic heterocycles. The van der Waals surface area contributed by atoms with E-state index in [4.69, 9.17) is 3.80 Å². The van der Waals surface area contributed by atoms with Crippen LogP contribution in [-0.4, -0.2) is 6.29 Å². The van der Waals surface area contributed by atoms with Gasteiger partial charge in [0.15, 0.2) is 0 Å². The van der Waals surface area contributed by atoms with Crippen molar-refractivity contribution in [2.75, 3.05) is 0 Å². The molecule has 3 heteroatoms. The van der Waals surface area contributed by atoms with Crippen molar-refractivity contribution >= 4 is 6.29 Å². The Hall–Kier alpha value is 0.00247. The maximum absolute atomic E-state index is 9.36. The van der Waals surface area contributed by atoms with Crippen molar-refractivity contribution in [2.24, 2.45) is 0 Å². The number of carbonyl (C=O) groups is 1. The molecule has 0 N–H and O–H groups in total. The third-order valence-electron chi connectivity index (χ3n) is 0.322. The molecular formula is C4H7CrO2-. The zero-order valence-corrected chi connectivity index (χ0v) is 5.20. The van der Waals surface area contributed by atoms with Gasteiger partial charge in [-0.2, -0.15) is 6.42 Å². The summed E-state index contributed by atoms with van der Waals surface area (Å²) in [5.74, 6) is 0. The zero-order valence-electron chi connectivity index (χ0n) is 3.92. The monoisotopic (exact) mass is 139 g/mol. The number of unbranched alkanes of at least 4 members (excludes halogenated alkanes) is 1. The Kier molecular flexibility index (Phi) is 24.0. The first-order valence-corrected chi connectivity index (χ1v) is 2.33. The second-order valence-electron chi connectivity index (χ2n) is 0.809. The van der Waals surface area contributed by atoms with Gasteiger partial charge in [-0.1, -0.05) is 0 Å². The number of aldehydes is 1. The van der Waals surface area contributed by atoms with Gasteiger partial charge in [0.25, 0.3) is 0 Å². The quantitative estimate of drug-likeness (QED) is 0.416. The molecule has 0 amide bonds. The topological polar surface area (TPSA) is 34.1 Å². The fraction of sp³-hybridized carbons (Fsp3) is 0.500. The third-order valence-corrected chi connectivity index (χ3v) is 0.322. The normalized spacial score (nSPS) is 5.86. The molecule has 0 fully saturated rings. The Balaban J connectivity index is 0. The van der Waals surface area contributed by atoms with Gasteiger partial charge in [-0.3, -0.25) is 0 Å². The molecule has 0 saturated carbocycles. The average molecular weight is 139 g/mol. The fourth-order valence-corrected chi connectivity index (χ4v) is 0.0833. The summed E-state index contributed by atoms with van der Waals surface area (Å²) >= 11 is 1.38. The molecule has 2 nitrogen and oxygen atoms in total. The second kappa shape index (κ2) is 16.7. The Morgan fingerprint density at radius 1 is 1.57 bits per heavy atom. The van der Waals surface area contributed by atoms with Gasteiger partial charge in [0.2, 0.25) is 0 Å². The van der Waals surface area contributed by atoms with Gasteiger partial charge < -0.3 is 11.7 Å². The number of hydrogen-bond acceptors (Lipinski definition) is 2. The number of rotatable bonds is 2. The number of carbonyl (C=O) groups excluding carboxylic acids is 1. The van der Waals surface area contributed by atoms with E-state index in [1.807, 2.05) is 0 Å². The van der Waals surface area contributed by atoms with Crippen molar-refractivity contribution < 1.29 is 24.8 Å². The van der Waals surface area contributed by atoms with Crippen molar-refractivity contribution in [3.05, 3.63) is 6.92 Å². The first-order valence-electron chi connectivity index (χ1n) is 1.81. The van der Waals surface area contributed by atoms with E-state index >= 15 is 0 Å². The van der Waals surface area contributed by atoms with Gasteiger partial charge in [-0.05, 0) is 6.42 Å². The molecule has 0 spiro atoms. The van der Waals surface area contributed by atoms with E-state index < -0.39 is 0 Å². The molecule has 42 valence electrons. The van der Waals surface area contributed by atoms with Crippen LogP contribution in [0, 0.1) is 6.92 Å². The number of hydrogen-bond donors (Lipinski definition) is 0. The van der Waals surface area contributed by atoms with E-state index in [1.165, 1.54) is 16.2 Å². The molecule has 0 aliphatic rings. The first-order chi connectivity index (χ1) is 3.41. The Labute approximate surface area is 51.5 Å². The van der Waals surface area contributed by atoms with Gasteiger partial charge in [0.1, 0.15) is 6.29 Å². The van der Waals surface area contributed by atoms with E-state index in [0.717, 1.165) is 12.7 Å². The fourth-order valence-electron chi connectivity index (χ4n) is 0.0833. The van der Waals surface area contributed by atoms with Crippen LogP contribution in [0.25, 0.3) is 0 Å². The second-order valence-corrected chi connectivity index (χ2v) is 0.809. The molecule has 0 aliphatic carbocycles. The van der Waals surface area contributed by atoms with E-state index in [1.54, 1.807) is 0 Å². The Morgan fingerprint density at radius 3 is 2.00 bits per heavy atom. The Morgan fingerprint density at radius 2 is 2.00 bits per heavy atom. The van der Waals surface area contributed by atoms with Crippen LogP contribution >= 0.6 is 0 Å². The summed E-state index contributed by atoms with van der Waals surface area (Å²) in [5, 5.41) is 0. The minimum absolute atomic E-state index is 0.597. The molecule has 0 bridgehead atoms. The van der Waals surface area contributed by atoms with Crippen LogP contribution in [-0.2, 0) is 24.8 Å². The van der Waals surface area contributed by atoms with Crippen LogP contribution in [0.15, 0.2) is 0 Å². The summed E-state index contributed by atoms with van der Waals surface area (Å²) in [4.78, 5) is 9.36. The zero-order chi connectivity index (χ0) is 6.12. The van der Waals surface area contributed by atoms with Gasteiger partial charge in [0.05, 0.1) is 0 Å². The van der Waals surface area contributed by atoms with Crippen LogP contribution < -0.4 is 0 Å². The van der Waals surface area contributed by atoms with E-state index in [9.17, 15) is 4.79 Å². The van der Waals surface area contributed by atoms with Crippen molar-refractivity contribution in [3.63, 3.8) is 0 Å². The van der Waals surface area contributed by atoms with Crippen LogP contribution in [0.3, 0.4) is 0 Å². The van der Waals surface area contributed by atoms with Gasteiger partial charge in [0, 0.05) is 0 Å². The summed E-state index contributed by atoms with van der Waals surface area (Å²) in [6, 6.07) is 0. The van der Waals surface area contributed by atoms with Gasteiger partial charge in [-0.25, -0.2) is 0 Å². The molecule has 0 heterocycles. The molecule has 0 radical (unpaired) electrons. The first kappa shape index (κ1) is 10.1. The van der Waals surface area contributed by atoms with Crippen LogP contribution in [0.2, 0.25) is 0 Å². The summed E-state index contributed by atoms with van der Waals surface area (Å²) in [6.45, 7) is 3.44. The van der Waals surface area contributed by atoms with Crippen LogP contribution in [0.1, 0.15) is 12.8 Å². The standard InChI is InChI=1S/C4H7O.Cr.O/c1-2-3-4-5;;/h4H,1-3H2;;/q-1;;. The average Bonchev–Trinajstić information content (AvgIpc) is 1.75. The molecule has 0 atom stereocenters. The van der Waals surface area contributed by atoms with Gasteiger partial charge in [-0.15, -0.1) is 0 Å². The van der Waals surface area contributed by atoms with Crippen molar-refractivity contribution in [3.8, 4) is 0 Å². The molecule has 0 aromatic carbocycles. The Bertz CT molecular complexity index is 38.7. The van der Waals surface area contributed by atoms with Crippen molar-refractivity contribution in [1.82, 2.24) is 0 Å². The molecule has 0 unspecified atom stereocenters. The molecular weight excluding hydrogens is 132 g/mol. The molecule has 7 heavy (non-hydrogen) atoms. The third kappa shape index (κ3) is 24.0. The van der Waals surface area contributed by atoms with Gasteiger partial charge >= 0.3 is 20.0 Å². The summed E-state index contributed by atoms with van der Waals surface area (Å²) in [7, 11) is 0. The van der Waals surface area contributed by atoms with E-state index in [0.29, 0.717) is 6.42 Å². The minimum atomic E-state index is 0.597. The van der Waals surface area contributed by atoms with E-state index in [-0.39, 0.29) is 0 Å². The maximum atomic E-state index is 9.36. The molecule has 0 rings (SSSR count). The summed E-state index contributed by atoms with van der Waals surface area (Å²) in [5.41, 5.74) is 0. The molecule has 0 saturated heterocycles. The molecule has 0 aromatic rings.